The molecule has 0 bridgehead atoms. The fourth-order valence-corrected chi connectivity index (χ4v) is 1.40. The predicted molar refractivity (Wildman–Crippen MR) is 58.1 cm³/mol. The third kappa shape index (κ3) is 9.89. The third-order valence-electron chi connectivity index (χ3n) is 0.989. The normalized spacial score (nSPS) is 11.0. The van der Waals surface area contributed by atoms with Crippen molar-refractivity contribution in [2.45, 2.75) is 6.92 Å². The van der Waals surface area contributed by atoms with Crippen LogP contribution in [0.3, 0.4) is 0 Å². The summed E-state index contributed by atoms with van der Waals surface area (Å²) in [6, 6.07) is 0. The van der Waals surface area contributed by atoms with Gasteiger partial charge in [-0.25, -0.2) is 0 Å². The number of esters is 1. The van der Waals surface area contributed by atoms with Crippen LogP contribution in [0.2, 0.25) is 0 Å². The van der Waals surface area contributed by atoms with Crippen LogP contribution in [0.15, 0.2) is 21.8 Å². The van der Waals surface area contributed by atoms with E-state index in [1.807, 2.05) is 0 Å². The van der Waals surface area contributed by atoms with Crippen LogP contribution in [0.25, 0.3) is 0 Å². The van der Waals surface area contributed by atoms with Gasteiger partial charge in [-0.3, -0.25) is 4.79 Å². The smallest absolute Gasteiger partial charge is 0.302 e. The van der Waals surface area contributed by atoms with Crippen molar-refractivity contribution in [1.29, 1.82) is 0 Å². The van der Waals surface area contributed by atoms with Crippen molar-refractivity contribution < 1.29 is 13.9 Å². The van der Waals surface area contributed by atoms with Gasteiger partial charge in [-0.1, -0.05) is 35.0 Å². The number of thioether (sulfide) groups is 1. The van der Waals surface area contributed by atoms with Gasteiger partial charge in [0, 0.05) is 12.7 Å². The summed E-state index contributed by atoms with van der Waals surface area (Å²) in [4.78, 5) is 10.3. The molecule has 0 aromatic rings. The minimum Gasteiger partial charge on any atom is -0.462 e. The van der Waals surface area contributed by atoms with E-state index >= 15 is 0 Å². The van der Waals surface area contributed by atoms with Crippen LogP contribution >= 0.6 is 35.0 Å². The lowest BCUT2D eigenvalue weighted by molar-refractivity contribution is -0.139. The Morgan fingerprint density at radius 1 is 1.50 bits per heavy atom. The van der Waals surface area contributed by atoms with E-state index in [-0.39, 0.29) is 11.1 Å². The maximum Gasteiger partial charge on any atom is 0.302 e. The average molecular weight is 259 g/mol. The summed E-state index contributed by atoms with van der Waals surface area (Å²) in [7, 11) is 0. The first kappa shape index (κ1) is 13.8. The van der Waals surface area contributed by atoms with Gasteiger partial charge < -0.3 is 4.74 Å². The fourth-order valence-electron chi connectivity index (χ4n) is 0.468. The molecule has 2 nitrogen and oxygen atoms in total. The minimum absolute atomic E-state index is 0.0630. The van der Waals surface area contributed by atoms with Gasteiger partial charge in [0.2, 0.25) is 0 Å². The van der Waals surface area contributed by atoms with Crippen LogP contribution in [0, 0.1) is 0 Å². The van der Waals surface area contributed by atoms with Crippen molar-refractivity contribution in [1.82, 2.24) is 0 Å². The van der Waals surface area contributed by atoms with E-state index in [0.717, 1.165) is 11.8 Å². The van der Waals surface area contributed by atoms with Crippen LogP contribution in [0.1, 0.15) is 6.92 Å². The Labute approximate surface area is 96.1 Å². The second-order valence-electron chi connectivity index (χ2n) is 2.12. The summed E-state index contributed by atoms with van der Waals surface area (Å²) in [5.74, 6) is -0.104. The van der Waals surface area contributed by atoms with Crippen LogP contribution in [0.4, 0.5) is 4.39 Å². The summed E-state index contributed by atoms with van der Waals surface area (Å²) in [6.07, 6.45) is 2.63. The Morgan fingerprint density at radius 2 is 2.14 bits per heavy atom. The van der Waals surface area contributed by atoms with Crippen molar-refractivity contribution in [2.24, 2.45) is 0 Å². The molecule has 0 aliphatic carbocycles. The second-order valence-corrected chi connectivity index (χ2v) is 4.14. The third-order valence-corrected chi connectivity index (χ3v) is 2.07. The molecule has 80 valence electrons. The van der Waals surface area contributed by atoms with E-state index in [1.54, 1.807) is 0 Å². The lowest BCUT2D eigenvalue weighted by Crippen LogP contribution is -1.97. The molecule has 0 unspecified atom stereocenters. The summed E-state index contributed by atoms with van der Waals surface area (Å²) in [5, 5.41) is -0.433. The molecule has 0 aromatic carbocycles. The molecule has 0 saturated heterocycles. The zero-order valence-corrected chi connectivity index (χ0v) is 9.76. The number of hydrogen-bond donors (Lipinski definition) is 0. The molecule has 0 aromatic heterocycles. The standard InChI is InChI=1S/C8H9Cl2FO2S/c1-6(12)13-4-2-8(11)14-5-3-7(9)10/h2-3H,4-5H2,1H3. The largest absolute Gasteiger partial charge is 0.462 e. The molecule has 0 rings (SSSR count). The number of hydrogen-bond acceptors (Lipinski definition) is 3. The van der Waals surface area contributed by atoms with Gasteiger partial charge in [-0.05, 0) is 12.2 Å². The van der Waals surface area contributed by atoms with Crippen molar-refractivity contribution in [3.63, 3.8) is 0 Å². The Morgan fingerprint density at radius 3 is 2.64 bits per heavy atom. The quantitative estimate of drug-likeness (QED) is 0.708. The maximum absolute atomic E-state index is 12.8. The number of ether oxygens (including phenoxy) is 1. The topological polar surface area (TPSA) is 26.3 Å². The van der Waals surface area contributed by atoms with Gasteiger partial charge in [-0.15, -0.1) is 0 Å². The molecule has 0 amide bonds. The molecule has 0 atom stereocenters. The van der Waals surface area contributed by atoms with Gasteiger partial charge in [0.1, 0.15) is 11.1 Å². The molecular weight excluding hydrogens is 250 g/mol. The zero-order chi connectivity index (χ0) is 11.0. The summed E-state index contributed by atoms with van der Waals surface area (Å²) in [5.41, 5.74) is 0. The zero-order valence-electron chi connectivity index (χ0n) is 7.43. The number of halogens is 3. The van der Waals surface area contributed by atoms with Crippen molar-refractivity contribution in [3.8, 4) is 0 Å². The molecule has 0 N–H and O–H groups in total. The highest BCUT2D eigenvalue weighted by molar-refractivity contribution is 8.02. The second kappa shape index (κ2) is 8.15. The Bertz CT molecular complexity index is 250. The molecule has 6 heteroatoms. The number of rotatable bonds is 5. The Balaban J connectivity index is 3.67. The summed E-state index contributed by atoms with van der Waals surface area (Å²) < 4.78 is 17.4. The summed E-state index contributed by atoms with van der Waals surface area (Å²) >= 11 is 11.5. The minimum atomic E-state index is -0.442. The lowest BCUT2D eigenvalue weighted by Gasteiger charge is -1.96. The van der Waals surface area contributed by atoms with Crippen LogP contribution < -0.4 is 0 Å². The molecule has 0 saturated carbocycles. The molecule has 0 radical (unpaired) electrons. The fraction of sp³-hybridized carbons (Fsp3) is 0.375. The SMILES string of the molecule is CC(=O)OCC=C(F)SCC=C(Cl)Cl. The van der Waals surface area contributed by atoms with Gasteiger partial charge in [-0.2, -0.15) is 4.39 Å². The highest BCUT2D eigenvalue weighted by Crippen LogP contribution is 2.18. The first-order valence-electron chi connectivity index (χ1n) is 3.65. The van der Waals surface area contributed by atoms with E-state index in [1.165, 1.54) is 19.1 Å². The van der Waals surface area contributed by atoms with E-state index in [4.69, 9.17) is 23.2 Å². The van der Waals surface area contributed by atoms with Crippen LogP contribution in [0.5, 0.6) is 0 Å². The molecule has 14 heavy (non-hydrogen) atoms. The van der Waals surface area contributed by atoms with Crippen molar-refractivity contribution in [2.75, 3.05) is 12.4 Å². The maximum atomic E-state index is 12.8. The molecule has 0 heterocycles. The van der Waals surface area contributed by atoms with Gasteiger partial charge in [0.15, 0.2) is 5.16 Å². The molecular formula is C8H9Cl2FO2S. The highest BCUT2D eigenvalue weighted by atomic mass is 35.5. The van der Waals surface area contributed by atoms with Crippen molar-refractivity contribution >= 4 is 40.9 Å². The first-order chi connectivity index (χ1) is 6.52. The first-order valence-corrected chi connectivity index (χ1v) is 5.39. The van der Waals surface area contributed by atoms with E-state index < -0.39 is 11.1 Å². The van der Waals surface area contributed by atoms with Gasteiger partial charge in [0.05, 0.1) is 0 Å². The van der Waals surface area contributed by atoms with Gasteiger partial charge >= 0.3 is 5.97 Å². The van der Waals surface area contributed by atoms with Crippen molar-refractivity contribution in [3.05, 3.63) is 21.8 Å². The molecule has 0 spiro atoms. The van der Waals surface area contributed by atoms with E-state index in [2.05, 4.69) is 4.74 Å². The molecule has 0 aliphatic rings. The highest BCUT2D eigenvalue weighted by Gasteiger charge is 1.95. The lowest BCUT2D eigenvalue weighted by atomic mass is 10.7. The number of carbonyl (C=O) groups excluding carboxylic acids is 1. The molecule has 0 aliphatic heterocycles. The number of carbonyl (C=O) groups is 1. The average Bonchev–Trinajstić information content (AvgIpc) is 2.02. The Kier molecular flexibility index (Phi) is 8.04. The molecule has 0 fully saturated rings. The predicted octanol–water partition coefficient (Wildman–Crippen LogP) is 3.41. The van der Waals surface area contributed by atoms with Gasteiger partial charge in [0.25, 0.3) is 0 Å². The van der Waals surface area contributed by atoms with E-state index in [9.17, 15) is 9.18 Å². The summed E-state index contributed by atoms with van der Waals surface area (Å²) in [6.45, 7) is 1.20. The van der Waals surface area contributed by atoms with Crippen LogP contribution in [-0.4, -0.2) is 18.3 Å². The van der Waals surface area contributed by atoms with E-state index in [0.29, 0.717) is 5.75 Å². The Hall–Kier alpha value is -0.190. The van der Waals surface area contributed by atoms with Crippen LogP contribution in [-0.2, 0) is 9.53 Å². The monoisotopic (exact) mass is 258 g/mol.